The lowest BCUT2D eigenvalue weighted by atomic mass is 9.96. The Kier molecular flexibility index (Phi) is 6.50. The number of halogens is 2. The van der Waals surface area contributed by atoms with Gasteiger partial charge in [-0.3, -0.25) is 9.59 Å². The molecule has 122 valence electrons. The zero-order valence-corrected chi connectivity index (χ0v) is 14.4. The fourth-order valence-electron chi connectivity index (χ4n) is 1.60. The van der Waals surface area contributed by atoms with Crippen LogP contribution in [-0.4, -0.2) is 18.4 Å². The average molecular weight is 346 g/mol. The summed E-state index contributed by atoms with van der Waals surface area (Å²) >= 11 is 11.8. The Morgan fingerprint density at radius 2 is 1.73 bits per heavy atom. The second-order valence-electron chi connectivity index (χ2n) is 6.01. The first-order chi connectivity index (χ1) is 10.1. The molecule has 0 spiro atoms. The summed E-state index contributed by atoms with van der Waals surface area (Å²) in [6.07, 6.45) is 0.828. The third kappa shape index (κ3) is 5.73. The van der Waals surface area contributed by atoms with Crippen LogP contribution in [0.25, 0.3) is 0 Å². The number of carbonyl (C=O) groups excluding carboxylic acids is 2. The molecule has 2 amide bonds. The van der Waals surface area contributed by atoms with Gasteiger partial charge in [0.1, 0.15) is 0 Å². The largest absolute Gasteiger partial charge is 0.396 e. The number of carbonyl (C=O) groups is 2. The van der Waals surface area contributed by atoms with Gasteiger partial charge in [-0.1, -0.05) is 44.0 Å². The molecule has 1 rings (SSSR count). The number of rotatable bonds is 5. The highest BCUT2D eigenvalue weighted by Crippen LogP contribution is 2.31. The van der Waals surface area contributed by atoms with Crippen LogP contribution in [0, 0.1) is 5.41 Å². The van der Waals surface area contributed by atoms with Crippen molar-refractivity contribution in [3.05, 3.63) is 22.2 Å². The quantitative estimate of drug-likeness (QED) is 0.564. The predicted molar refractivity (Wildman–Crippen MR) is 91.2 cm³/mol. The van der Waals surface area contributed by atoms with Gasteiger partial charge >= 0.3 is 0 Å². The minimum Gasteiger partial charge on any atom is -0.396 e. The summed E-state index contributed by atoms with van der Waals surface area (Å²) in [5.41, 5.74) is 5.97. The molecule has 0 saturated carbocycles. The van der Waals surface area contributed by atoms with Crippen LogP contribution in [0.3, 0.4) is 0 Å². The number of anilines is 2. The van der Waals surface area contributed by atoms with Crippen molar-refractivity contribution in [2.75, 3.05) is 17.6 Å². The summed E-state index contributed by atoms with van der Waals surface area (Å²) in [5.74, 6) is -0.216. The summed E-state index contributed by atoms with van der Waals surface area (Å²) in [7, 11) is 0. The van der Waals surface area contributed by atoms with Crippen LogP contribution in [0.4, 0.5) is 11.4 Å². The molecule has 0 saturated heterocycles. The van der Waals surface area contributed by atoms with Crippen molar-refractivity contribution in [2.24, 2.45) is 5.41 Å². The third-order valence-corrected chi connectivity index (χ3v) is 3.54. The molecule has 1 aromatic rings. The summed E-state index contributed by atoms with van der Waals surface area (Å²) in [6.45, 7) is 5.96. The molecular formula is C15H21Cl2N3O2. The van der Waals surface area contributed by atoms with Crippen LogP contribution in [-0.2, 0) is 9.59 Å². The lowest BCUT2D eigenvalue weighted by Crippen LogP contribution is -2.35. The zero-order valence-electron chi connectivity index (χ0n) is 12.9. The smallest absolute Gasteiger partial charge is 0.225 e. The normalized spacial score (nSPS) is 11.1. The summed E-state index contributed by atoms with van der Waals surface area (Å²) in [6, 6.07) is 3.09. The number of nitrogens with one attached hydrogen (secondary N) is 2. The van der Waals surface area contributed by atoms with Crippen molar-refractivity contribution >= 4 is 46.4 Å². The Bertz CT molecular complexity index is 545. The standard InChI is InChI=1S/C15H21Cl2N3O2/c1-15(2,3)14(22)19-6-4-5-12(21)20-9-7-10(16)13(18)11(17)8-9/h7-8H,4-6,18H2,1-3H3,(H,19,22)(H,20,21). The molecule has 1 aromatic carbocycles. The van der Waals surface area contributed by atoms with Crippen molar-refractivity contribution < 1.29 is 9.59 Å². The van der Waals surface area contributed by atoms with Gasteiger partial charge < -0.3 is 16.4 Å². The molecule has 0 radical (unpaired) electrons. The fourth-order valence-corrected chi connectivity index (χ4v) is 2.08. The summed E-state index contributed by atoms with van der Waals surface area (Å²) in [5, 5.41) is 6.07. The van der Waals surface area contributed by atoms with E-state index in [1.54, 1.807) is 12.1 Å². The van der Waals surface area contributed by atoms with E-state index in [0.717, 1.165) is 0 Å². The highest BCUT2D eigenvalue weighted by Gasteiger charge is 2.20. The monoisotopic (exact) mass is 345 g/mol. The maximum absolute atomic E-state index is 11.8. The fraction of sp³-hybridized carbons (Fsp3) is 0.467. The molecular weight excluding hydrogens is 325 g/mol. The van der Waals surface area contributed by atoms with Gasteiger partial charge in [-0.05, 0) is 18.6 Å². The maximum Gasteiger partial charge on any atom is 0.225 e. The summed E-state index contributed by atoms with van der Waals surface area (Å²) < 4.78 is 0. The second kappa shape index (κ2) is 7.70. The molecule has 5 nitrogen and oxygen atoms in total. The van der Waals surface area contributed by atoms with E-state index in [2.05, 4.69) is 10.6 Å². The van der Waals surface area contributed by atoms with Crippen molar-refractivity contribution in [3.63, 3.8) is 0 Å². The van der Waals surface area contributed by atoms with E-state index in [9.17, 15) is 9.59 Å². The molecule has 7 heteroatoms. The first-order valence-corrected chi connectivity index (χ1v) is 7.69. The Balaban J connectivity index is 2.40. The average Bonchev–Trinajstić information content (AvgIpc) is 2.39. The minimum absolute atomic E-state index is 0.0370. The van der Waals surface area contributed by atoms with Gasteiger partial charge in [0.2, 0.25) is 11.8 Å². The van der Waals surface area contributed by atoms with E-state index in [1.807, 2.05) is 20.8 Å². The molecule has 0 heterocycles. The summed E-state index contributed by atoms with van der Waals surface area (Å²) in [4.78, 5) is 23.5. The van der Waals surface area contributed by atoms with E-state index < -0.39 is 5.41 Å². The van der Waals surface area contributed by atoms with Gasteiger partial charge in [0.25, 0.3) is 0 Å². The first-order valence-electron chi connectivity index (χ1n) is 6.94. The Hall–Kier alpha value is -1.46. The number of nitrogens with two attached hydrogens (primary N) is 1. The van der Waals surface area contributed by atoms with Crippen LogP contribution in [0.2, 0.25) is 10.0 Å². The molecule has 0 aliphatic heterocycles. The van der Waals surface area contributed by atoms with E-state index in [-0.39, 0.29) is 23.9 Å². The molecule has 0 fully saturated rings. The van der Waals surface area contributed by atoms with Crippen LogP contribution in [0.15, 0.2) is 12.1 Å². The number of benzene rings is 1. The Labute approximate surface area is 140 Å². The number of amides is 2. The molecule has 0 aliphatic carbocycles. The van der Waals surface area contributed by atoms with Crippen LogP contribution < -0.4 is 16.4 Å². The topological polar surface area (TPSA) is 84.2 Å². The third-order valence-electron chi connectivity index (χ3n) is 2.91. The lowest BCUT2D eigenvalue weighted by Gasteiger charge is -2.17. The number of nitrogen functional groups attached to an aromatic ring is 1. The SMILES string of the molecule is CC(C)(C)C(=O)NCCCC(=O)Nc1cc(Cl)c(N)c(Cl)c1. The van der Waals surface area contributed by atoms with Crippen molar-refractivity contribution in [1.82, 2.24) is 5.32 Å². The van der Waals surface area contributed by atoms with Crippen LogP contribution >= 0.6 is 23.2 Å². The van der Waals surface area contributed by atoms with E-state index in [4.69, 9.17) is 28.9 Å². The number of hydrogen-bond donors (Lipinski definition) is 3. The molecule has 0 atom stereocenters. The van der Waals surface area contributed by atoms with Gasteiger partial charge in [-0.15, -0.1) is 0 Å². The highest BCUT2D eigenvalue weighted by atomic mass is 35.5. The molecule has 0 aromatic heterocycles. The van der Waals surface area contributed by atoms with Crippen molar-refractivity contribution in [2.45, 2.75) is 33.6 Å². The molecule has 0 aliphatic rings. The molecule has 0 bridgehead atoms. The molecule has 4 N–H and O–H groups in total. The molecule has 22 heavy (non-hydrogen) atoms. The van der Waals surface area contributed by atoms with Gasteiger partial charge in [-0.2, -0.15) is 0 Å². The Morgan fingerprint density at radius 3 is 2.23 bits per heavy atom. The van der Waals surface area contributed by atoms with Crippen LogP contribution in [0.1, 0.15) is 33.6 Å². The van der Waals surface area contributed by atoms with Gasteiger partial charge in [0, 0.05) is 24.1 Å². The Morgan fingerprint density at radius 1 is 1.18 bits per heavy atom. The van der Waals surface area contributed by atoms with Gasteiger partial charge in [-0.25, -0.2) is 0 Å². The van der Waals surface area contributed by atoms with Crippen LogP contribution in [0.5, 0.6) is 0 Å². The highest BCUT2D eigenvalue weighted by molar-refractivity contribution is 6.39. The first kappa shape index (κ1) is 18.6. The van der Waals surface area contributed by atoms with Gasteiger partial charge in [0.15, 0.2) is 0 Å². The number of hydrogen-bond acceptors (Lipinski definition) is 3. The minimum atomic E-state index is -0.431. The van der Waals surface area contributed by atoms with E-state index in [0.29, 0.717) is 28.7 Å². The van der Waals surface area contributed by atoms with Gasteiger partial charge in [0.05, 0.1) is 15.7 Å². The maximum atomic E-state index is 11.8. The van der Waals surface area contributed by atoms with E-state index in [1.165, 1.54) is 0 Å². The van der Waals surface area contributed by atoms with Crippen molar-refractivity contribution in [1.29, 1.82) is 0 Å². The van der Waals surface area contributed by atoms with E-state index >= 15 is 0 Å². The second-order valence-corrected chi connectivity index (χ2v) is 6.83. The predicted octanol–water partition coefficient (Wildman–Crippen LogP) is 3.46. The van der Waals surface area contributed by atoms with Crippen molar-refractivity contribution in [3.8, 4) is 0 Å². The molecule has 0 unspecified atom stereocenters. The zero-order chi connectivity index (χ0) is 16.9. The lowest BCUT2D eigenvalue weighted by molar-refractivity contribution is -0.128.